The minimum Gasteiger partial charge on any atom is -0.350 e. The van der Waals surface area contributed by atoms with E-state index in [1.807, 2.05) is 13.8 Å². The summed E-state index contributed by atoms with van der Waals surface area (Å²) in [4.78, 5) is 12.0. The van der Waals surface area contributed by atoms with Crippen LogP contribution in [-0.2, 0) is 16.4 Å². The molecule has 0 bridgehead atoms. The number of fused-ring (bicyclic) bond motifs is 1. The molecule has 1 aliphatic rings. The second-order valence-electron chi connectivity index (χ2n) is 5.41. The van der Waals surface area contributed by atoms with Crippen LogP contribution in [0.4, 0.5) is 5.69 Å². The number of rotatable bonds is 3. The Bertz CT molecular complexity index is 623. The smallest absolute Gasteiger partial charge is 0.251 e. The fraction of sp³-hybridized carbons (Fsp3) is 0.500. The topological polar surface area (TPSA) is 66.5 Å². The molecule has 5 nitrogen and oxygen atoms in total. The van der Waals surface area contributed by atoms with Gasteiger partial charge in [-0.1, -0.05) is 0 Å². The lowest BCUT2D eigenvalue weighted by Gasteiger charge is -2.29. The highest BCUT2D eigenvalue weighted by molar-refractivity contribution is 7.92. The van der Waals surface area contributed by atoms with Gasteiger partial charge in [0.1, 0.15) is 0 Å². The zero-order chi connectivity index (χ0) is 14.9. The first-order valence-electron chi connectivity index (χ1n) is 6.70. The van der Waals surface area contributed by atoms with E-state index in [-0.39, 0.29) is 11.9 Å². The molecule has 0 saturated carbocycles. The largest absolute Gasteiger partial charge is 0.350 e. The highest BCUT2D eigenvalue weighted by Gasteiger charge is 2.24. The standard InChI is InChI=1S/C14H20N2O3S/c1-10(2)15-14(17)12-6-7-13-11(9-12)5-4-8-16(13)20(3,18)19/h6-7,9-10H,4-5,8H2,1-3H3,(H,15,17). The van der Waals surface area contributed by atoms with Crippen molar-refractivity contribution in [2.75, 3.05) is 17.1 Å². The predicted octanol–water partition coefficient (Wildman–Crippen LogP) is 1.54. The number of sulfonamides is 1. The van der Waals surface area contributed by atoms with Gasteiger partial charge >= 0.3 is 0 Å². The summed E-state index contributed by atoms with van der Waals surface area (Å²) < 4.78 is 24.9. The van der Waals surface area contributed by atoms with Crippen molar-refractivity contribution in [2.45, 2.75) is 32.7 Å². The van der Waals surface area contributed by atoms with Gasteiger partial charge in [0.2, 0.25) is 10.0 Å². The zero-order valence-electron chi connectivity index (χ0n) is 12.0. The quantitative estimate of drug-likeness (QED) is 0.920. The van der Waals surface area contributed by atoms with Crippen molar-refractivity contribution in [1.29, 1.82) is 0 Å². The first-order valence-corrected chi connectivity index (χ1v) is 8.55. The number of anilines is 1. The number of hydrogen-bond acceptors (Lipinski definition) is 3. The first-order chi connectivity index (χ1) is 9.29. The van der Waals surface area contributed by atoms with Crippen molar-refractivity contribution in [3.8, 4) is 0 Å². The van der Waals surface area contributed by atoms with Gasteiger partial charge in [-0.25, -0.2) is 8.42 Å². The molecule has 1 aromatic carbocycles. The van der Waals surface area contributed by atoms with Crippen LogP contribution in [0.3, 0.4) is 0 Å². The highest BCUT2D eigenvalue weighted by Crippen LogP contribution is 2.29. The van der Waals surface area contributed by atoms with Gasteiger partial charge in [0.15, 0.2) is 0 Å². The summed E-state index contributed by atoms with van der Waals surface area (Å²) in [5.74, 6) is -0.126. The van der Waals surface area contributed by atoms with Gasteiger partial charge in [-0.15, -0.1) is 0 Å². The lowest BCUT2D eigenvalue weighted by Crippen LogP contribution is -2.35. The molecule has 0 fully saturated rings. The molecule has 6 heteroatoms. The highest BCUT2D eigenvalue weighted by atomic mass is 32.2. The van der Waals surface area contributed by atoms with Crippen LogP contribution < -0.4 is 9.62 Å². The molecule has 1 amide bonds. The third-order valence-electron chi connectivity index (χ3n) is 3.24. The molecule has 0 aromatic heterocycles. The van der Waals surface area contributed by atoms with Crippen LogP contribution in [-0.4, -0.2) is 33.2 Å². The van der Waals surface area contributed by atoms with E-state index in [1.54, 1.807) is 18.2 Å². The van der Waals surface area contributed by atoms with E-state index in [1.165, 1.54) is 10.6 Å². The van der Waals surface area contributed by atoms with Crippen LogP contribution >= 0.6 is 0 Å². The van der Waals surface area contributed by atoms with E-state index in [4.69, 9.17) is 0 Å². The van der Waals surface area contributed by atoms with Crippen molar-refractivity contribution < 1.29 is 13.2 Å². The van der Waals surface area contributed by atoms with Crippen molar-refractivity contribution >= 4 is 21.6 Å². The third-order valence-corrected chi connectivity index (χ3v) is 4.42. The number of carbonyl (C=O) groups is 1. The number of amides is 1. The minimum absolute atomic E-state index is 0.0750. The SMILES string of the molecule is CC(C)NC(=O)c1ccc2c(c1)CCCN2S(C)(=O)=O. The van der Waals surface area contributed by atoms with E-state index < -0.39 is 10.0 Å². The fourth-order valence-corrected chi connectivity index (χ4v) is 3.39. The Balaban J connectivity index is 2.35. The number of aryl methyl sites for hydroxylation is 1. The number of nitrogens with zero attached hydrogens (tertiary/aromatic N) is 1. The van der Waals surface area contributed by atoms with Gasteiger partial charge in [-0.05, 0) is 50.5 Å². The third kappa shape index (κ3) is 3.12. The lowest BCUT2D eigenvalue weighted by molar-refractivity contribution is 0.0943. The van der Waals surface area contributed by atoms with E-state index >= 15 is 0 Å². The van der Waals surface area contributed by atoms with E-state index in [0.717, 1.165) is 18.4 Å². The Labute approximate surface area is 120 Å². The Morgan fingerprint density at radius 3 is 2.65 bits per heavy atom. The summed E-state index contributed by atoms with van der Waals surface area (Å²) in [6, 6.07) is 5.28. The molecule has 1 aromatic rings. The summed E-state index contributed by atoms with van der Waals surface area (Å²) in [7, 11) is -3.26. The summed E-state index contributed by atoms with van der Waals surface area (Å²) in [6.07, 6.45) is 2.78. The maximum absolute atomic E-state index is 12.0. The lowest BCUT2D eigenvalue weighted by atomic mass is 10.0. The number of benzene rings is 1. The molecule has 2 rings (SSSR count). The maximum atomic E-state index is 12.0. The minimum atomic E-state index is -3.26. The van der Waals surface area contributed by atoms with Gasteiger partial charge in [-0.2, -0.15) is 0 Å². The van der Waals surface area contributed by atoms with Crippen molar-refractivity contribution in [3.05, 3.63) is 29.3 Å². The molecule has 0 atom stereocenters. The first kappa shape index (κ1) is 14.8. The van der Waals surface area contributed by atoms with Gasteiger partial charge in [0.05, 0.1) is 11.9 Å². The molecule has 0 spiro atoms. The predicted molar refractivity (Wildman–Crippen MR) is 79.6 cm³/mol. The van der Waals surface area contributed by atoms with E-state index in [2.05, 4.69) is 5.32 Å². The molecule has 1 heterocycles. The monoisotopic (exact) mass is 296 g/mol. The Morgan fingerprint density at radius 1 is 1.35 bits per heavy atom. The average Bonchev–Trinajstić information content (AvgIpc) is 2.35. The molecule has 0 saturated heterocycles. The number of carbonyl (C=O) groups excluding carboxylic acids is 1. The summed E-state index contributed by atoms with van der Waals surface area (Å²) in [5, 5.41) is 2.84. The normalized spacial score (nSPS) is 15.1. The van der Waals surface area contributed by atoms with Crippen molar-refractivity contribution in [2.24, 2.45) is 0 Å². The molecule has 110 valence electrons. The molecular weight excluding hydrogens is 276 g/mol. The van der Waals surface area contributed by atoms with Gasteiger partial charge in [-0.3, -0.25) is 9.10 Å². The zero-order valence-corrected chi connectivity index (χ0v) is 12.8. The van der Waals surface area contributed by atoms with Gasteiger partial charge in [0.25, 0.3) is 5.91 Å². The molecule has 20 heavy (non-hydrogen) atoms. The van der Waals surface area contributed by atoms with Gasteiger partial charge < -0.3 is 5.32 Å². The molecule has 1 N–H and O–H groups in total. The summed E-state index contributed by atoms with van der Waals surface area (Å²) >= 11 is 0. The Kier molecular flexibility index (Phi) is 4.04. The van der Waals surface area contributed by atoms with E-state index in [9.17, 15) is 13.2 Å². The summed E-state index contributed by atoms with van der Waals surface area (Å²) in [6.45, 7) is 4.31. The van der Waals surface area contributed by atoms with Crippen LogP contribution in [0.5, 0.6) is 0 Å². The summed E-state index contributed by atoms with van der Waals surface area (Å²) in [5.41, 5.74) is 2.19. The maximum Gasteiger partial charge on any atom is 0.251 e. The second kappa shape index (κ2) is 5.44. The fourth-order valence-electron chi connectivity index (χ4n) is 2.39. The molecule has 0 unspecified atom stereocenters. The van der Waals surface area contributed by atoms with E-state index in [0.29, 0.717) is 17.8 Å². The Hall–Kier alpha value is -1.56. The van der Waals surface area contributed by atoms with Crippen LogP contribution in [0.1, 0.15) is 36.2 Å². The second-order valence-corrected chi connectivity index (χ2v) is 7.32. The van der Waals surface area contributed by atoms with Crippen molar-refractivity contribution in [1.82, 2.24) is 5.32 Å². The number of hydrogen-bond donors (Lipinski definition) is 1. The van der Waals surface area contributed by atoms with Crippen LogP contribution in [0.2, 0.25) is 0 Å². The molecule has 0 aliphatic carbocycles. The Morgan fingerprint density at radius 2 is 2.05 bits per heavy atom. The number of nitrogens with one attached hydrogen (secondary N) is 1. The van der Waals surface area contributed by atoms with Crippen LogP contribution in [0.25, 0.3) is 0 Å². The average molecular weight is 296 g/mol. The molecular formula is C14H20N2O3S. The molecule has 1 aliphatic heterocycles. The molecule has 0 radical (unpaired) electrons. The van der Waals surface area contributed by atoms with Crippen LogP contribution in [0, 0.1) is 0 Å². The van der Waals surface area contributed by atoms with Gasteiger partial charge in [0, 0.05) is 18.2 Å². The van der Waals surface area contributed by atoms with Crippen LogP contribution in [0.15, 0.2) is 18.2 Å². The van der Waals surface area contributed by atoms with Crippen molar-refractivity contribution in [3.63, 3.8) is 0 Å².